The van der Waals surface area contributed by atoms with E-state index < -0.39 is 24.0 Å². The molecule has 0 saturated carbocycles. The average molecular weight is 339 g/mol. The summed E-state index contributed by atoms with van der Waals surface area (Å²) in [7, 11) is 0. The SMILES string of the molecule is C/C=C/CC(O)(c1nc2cc(Cl)c(Cl)cc2[nH]1)C(F)(F)F. The number of hydrogen-bond acceptors (Lipinski definition) is 2. The van der Waals surface area contributed by atoms with Gasteiger partial charge >= 0.3 is 6.18 Å². The number of nitrogens with zero attached hydrogens (tertiary/aromatic N) is 1. The first-order chi connectivity index (χ1) is 9.69. The largest absolute Gasteiger partial charge is 0.424 e. The lowest BCUT2D eigenvalue weighted by molar-refractivity contribution is -0.268. The van der Waals surface area contributed by atoms with E-state index in [0.717, 1.165) is 0 Å². The number of imidazole rings is 1. The molecule has 0 aliphatic rings. The number of hydrogen-bond donors (Lipinski definition) is 2. The van der Waals surface area contributed by atoms with Gasteiger partial charge in [-0.3, -0.25) is 0 Å². The molecule has 1 aromatic heterocycles. The number of rotatable bonds is 3. The van der Waals surface area contributed by atoms with Crippen molar-refractivity contribution >= 4 is 34.2 Å². The molecule has 0 aliphatic heterocycles. The van der Waals surface area contributed by atoms with E-state index in [9.17, 15) is 18.3 Å². The number of aromatic nitrogens is 2. The summed E-state index contributed by atoms with van der Waals surface area (Å²) >= 11 is 11.6. The zero-order valence-corrected chi connectivity index (χ0v) is 12.3. The van der Waals surface area contributed by atoms with Gasteiger partial charge in [-0.15, -0.1) is 0 Å². The molecule has 114 valence electrons. The molecule has 2 N–H and O–H groups in total. The second kappa shape index (κ2) is 5.51. The average Bonchev–Trinajstić information content (AvgIpc) is 2.78. The topological polar surface area (TPSA) is 48.9 Å². The van der Waals surface area contributed by atoms with Gasteiger partial charge in [-0.05, 0) is 19.1 Å². The Morgan fingerprint density at radius 2 is 1.90 bits per heavy atom. The summed E-state index contributed by atoms with van der Waals surface area (Å²) in [4.78, 5) is 6.27. The third-order valence-electron chi connectivity index (χ3n) is 3.03. The van der Waals surface area contributed by atoms with E-state index in [1.165, 1.54) is 24.3 Å². The van der Waals surface area contributed by atoms with Gasteiger partial charge in [0.1, 0.15) is 5.82 Å². The molecule has 3 nitrogen and oxygen atoms in total. The minimum atomic E-state index is -4.88. The molecule has 0 spiro atoms. The van der Waals surface area contributed by atoms with Crippen molar-refractivity contribution in [2.75, 3.05) is 0 Å². The van der Waals surface area contributed by atoms with Crippen LogP contribution in [0, 0.1) is 0 Å². The minimum absolute atomic E-state index is 0.172. The van der Waals surface area contributed by atoms with Crippen LogP contribution in [0.1, 0.15) is 19.2 Å². The van der Waals surface area contributed by atoms with Crippen molar-refractivity contribution in [2.45, 2.75) is 25.1 Å². The van der Waals surface area contributed by atoms with Crippen molar-refractivity contribution in [3.63, 3.8) is 0 Å². The smallest absolute Gasteiger partial charge is 0.374 e. The van der Waals surface area contributed by atoms with Crippen LogP contribution in [0.25, 0.3) is 11.0 Å². The number of benzene rings is 1. The van der Waals surface area contributed by atoms with E-state index in [0.29, 0.717) is 0 Å². The summed E-state index contributed by atoms with van der Waals surface area (Å²) in [5.41, 5.74) is -2.64. The van der Waals surface area contributed by atoms with Crippen molar-refractivity contribution < 1.29 is 18.3 Å². The Kier molecular flexibility index (Phi) is 4.24. The van der Waals surface area contributed by atoms with Gasteiger partial charge < -0.3 is 10.1 Å². The van der Waals surface area contributed by atoms with Crippen LogP contribution < -0.4 is 0 Å². The molecule has 0 amide bonds. The highest BCUT2D eigenvalue weighted by atomic mass is 35.5. The number of nitrogens with one attached hydrogen (secondary N) is 1. The van der Waals surface area contributed by atoms with Crippen molar-refractivity contribution in [1.29, 1.82) is 0 Å². The molecule has 1 aromatic carbocycles. The fourth-order valence-electron chi connectivity index (χ4n) is 1.84. The molecule has 0 radical (unpaired) electrons. The molecule has 2 rings (SSSR count). The second-order valence-electron chi connectivity index (χ2n) is 4.50. The molecule has 0 aliphatic carbocycles. The lowest BCUT2D eigenvalue weighted by Crippen LogP contribution is -2.42. The zero-order chi connectivity index (χ0) is 15.8. The van der Waals surface area contributed by atoms with E-state index in [1.807, 2.05) is 0 Å². The third kappa shape index (κ3) is 2.88. The first kappa shape index (κ1) is 16.1. The van der Waals surface area contributed by atoms with Crippen LogP contribution in [-0.2, 0) is 5.60 Å². The van der Waals surface area contributed by atoms with E-state index in [4.69, 9.17) is 23.2 Å². The number of allylic oxidation sites excluding steroid dienone is 1. The molecule has 0 bridgehead atoms. The molecule has 0 fully saturated rings. The maximum Gasteiger partial charge on any atom is 0.424 e. The van der Waals surface area contributed by atoms with Crippen molar-refractivity contribution in [3.05, 3.63) is 40.2 Å². The zero-order valence-electron chi connectivity index (χ0n) is 10.8. The van der Waals surface area contributed by atoms with Crippen molar-refractivity contribution in [2.24, 2.45) is 0 Å². The summed E-state index contributed by atoms with van der Waals surface area (Å²) < 4.78 is 39.6. The Labute approximate surface area is 128 Å². The summed E-state index contributed by atoms with van der Waals surface area (Å²) in [5, 5.41) is 10.4. The fourth-order valence-corrected chi connectivity index (χ4v) is 2.16. The predicted molar refractivity (Wildman–Crippen MR) is 75.5 cm³/mol. The Balaban J connectivity index is 2.60. The monoisotopic (exact) mass is 338 g/mol. The number of alkyl halides is 3. The highest BCUT2D eigenvalue weighted by molar-refractivity contribution is 6.42. The van der Waals surface area contributed by atoms with Crippen LogP contribution in [0.15, 0.2) is 24.3 Å². The Hall–Kier alpha value is -1.24. The van der Waals surface area contributed by atoms with Crippen LogP contribution in [0.3, 0.4) is 0 Å². The normalized spacial score (nSPS) is 15.8. The standard InChI is InChI=1S/C13H11Cl2F3N2O/c1-2-3-4-12(21,13(16,17)18)11-19-9-5-7(14)8(15)6-10(9)20-11/h2-3,5-6,21H,4H2,1H3,(H,19,20)/b3-2+. The maximum atomic E-state index is 13.2. The van der Waals surface area contributed by atoms with Gasteiger partial charge in [0.25, 0.3) is 0 Å². The van der Waals surface area contributed by atoms with Gasteiger partial charge in [-0.1, -0.05) is 35.4 Å². The molecule has 2 aromatic rings. The van der Waals surface area contributed by atoms with Crippen molar-refractivity contribution in [3.8, 4) is 0 Å². The van der Waals surface area contributed by atoms with Crippen molar-refractivity contribution in [1.82, 2.24) is 9.97 Å². The fraction of sp³-hybridized carbons (Fsp3) is 0.308. The van der Waals surface area contributed by atoms with Gasteiger partial charge in [0.2, 0.25) is 5.60 Å². The molecule has 1 atom stereocenters. The summed E-state index contributed by atoms with van der Waals surface area (Å²) in [6.07, 6.45) is -2.88. The molecule has 1 heterocycles. The number of aromatic amines is 1. The molecular weight excluding hydrogens is 328 g/mol. The van der Waals surface area contributed by atoms with E-state index in [-0.39, 0.29) is 21.1 Å². The van der Waals surface area contributed by atoms with E-state index >= 15 is 0 Å². The molecule has 21 heavy (non-hydrogen) atoms. The first-order valence-electron chi connectivity index (χ1n) is 5.94. The first-order valence-corrected chi connectivity index (χ1v) is 6.70. The molecule has 0 saturated heterocycles. The van der Waals surface area contributed by atoms with Crippen LogP contribution in [-0.4, -0.2) is 21.3 Å². The van der Waals surface area contributed by atoms with Gasteiger partial charge in [0.05, 0.1) is 21.1 Å². The van der Waals surface area contributed by atoms with Crippen LogP contribution in [0.5, 0.6) is 0 Å². The van der Waals surface area contributed by atoms with E-state index in [2.05, 4.69) is 9.97 Å². The number of H-pyrrole nitrogens is 1. The third-order valence-corrected chi connectivity index (χ3v) is 3.76. The minimum Gasteiger partial charge on any atom is -0.374 e. The highest BCUT2D eigenvalue weighted by Gasteiger charge is 2.56. The Bertz CT molecular complexity index is 658. The summed E-state index contributed by atoms with van der Waals surface area (Å²) in [6, 6.07) is 2.70. The number of halogens is 5. The Morgan fingerprint density at radius 3 is 2.48 bits per heavy atom. The van der Waals surface area contributed by atoms with E-state index in [1.54, 1.807) is 6.92 Å². The maximum absolute atomic E-state index is 13.2. The van der Waals surface area contributed by atoms with Gasteiger partial charge in [0, 0.05) is 6.42 Å². The highest BCUT2D eigenvalue weighted by Crippen LogP contribution is 2.41. The van der Waals surface area contributed by atoms with Gasteiger partial charge in [-0.2, -0.15) is 13.2 Å². The Morgan fingerprint density at radius 1 is 1.29 bits per heavy atom. The second-order valence-corrected chi connectivity index (χ2v) is 5.31. The molecule has 1 unspecified atom stereocenters. The van der Waals surface area contributed by atoms with Gasteiger partial charge in [0.15, 0.2) is 0 Å². The van der Waals surface area contributed by atoms with Gasteiger partial charge in [-0.25, -0.2) is 4.98 Å². The summed E-state index contributed by atoms with van der Waals surface area (Å²) in [6.45, 7) is 1.56. The number of fused-ring (bicyclic) bond motifs is 1. The van der Waals surface area contributed by atoms with Crippen LogP contribution in [0.4, 0.5) is 13.2 Å². The quantitative estimate of drug-likeness (QED) is 0.804. The molecule has 8 heteroatoms. The lowest BCUT2D eigenvalue weighted by Gasteiger charge is -2.27. The summed E-state index contributed by atoms with van der Waals surface area (Å²) in [5.74, 6) is -0.596. The van der Waals surface area contributed by atoms with Crippen LogP contribution >= 0.6 is 23.2 Å². The lowest BCUT2D eigenvalue weighted by atomic mass is 9.98. The molecular formula is C13H11Cl2F3N2O. The predicted octanol–water partition coefficient (Wildman–Crippen LogP) is 4.59. The number of aliphatic hydroxyl groups is 1. The van der Waals surface area contributed by atoms with Crippen LogP contribution in [0.2, 0.25) is 10.0 Å².